The van der Waals surface area contributed by atoms with Gasteiger partial charge in [0.05, 0.1) is 4.90 Å². The van der Waals surface area contributed by atoms with Crippen LogP contribution < -0.4 is 4.74 Å². The average molecular weight is 292 g/mol. The summed E-state index contributed by atoms with van der Waals surface area (Å²) in [6.07, 6.45) is 0. The molecular formula is C15H13FO3S. The molecule has 0 spiro atoms. The normalized spacial score (nSPS) is 23.8. The standard InChI is InChI=1S/C15H13FO3S/c1-15(17,10-6-8-11(16)9-7-10)14-19-12-4-2-3-5-13(12)20(14)18/h2-9,14,17H,1H3/t14-,15-,20?/m0/s1. The Bertz CT molecular complexity index is 667. The Kier molecular flexibility index (Phi) is 3.11. The summed E-state index contributed by atoms with van der Waals surface area (Å²) in [7, 11) is -1.48. The molecule has 0 amide bonds. The molecule has 1 aliphatic heterocycles. The molecule has 0 saturated heterocycles. The van der Waals surface area contributed by atoms with E-state index in [0.29, 0.717) is 16.2 Å². The highest BCUT2D eigenvalue weighted by Crippen LogP contribution is 2.40. The lowest BCUT2D eigenvalue weighted by molar-refractivity contribution is -0.00949. The Morgan fingerprint density at radius 1 is 1.20 bits per heavy atom. The lowest BCUT2D eigenvalue weighted by Crippen LogP contribution is -2.41. The molecule has 5 heteroatoms. The first kappa shape index (κ1) is 13.3. The van der Waals surface area contributed by atoms with Crippen molar-refractivity contribution in [2.75, 3.05) is 0 Å². The Morgan fingerprint density at radius 3 is 2.50 bits per heavy atom. The molecule has 104 valence electrons. The molecule has 20 heavy (non-hydrogen) atoms. The summed E-state index contributed by atoms with van der Waals surface area (Å²) in [6, 6.07) is 12.4. The Balaban J connectivity index is 1.98. The van der Waals surface area contributed by atoms with E-state index in [1.165, 1.54) is 31.2 Å². The number of fused-ring (bicyclic) bond motifs is 1. The maximum absolute atomic E-state index is 13.0. The van der Waals surface area contributed by atoms with Crippen molar-refractivity contribution in [3.63, 3.8) is 0 Å². The van der Waals surface area contributed by atoms with E-state index in [1.807, 2.05) is 0 Å². The van der Waals surface area contributed by atoms with Crippen LogP contribution in [0.25, 0.3) is 0 Å². The summed E-state index contributed by atoms with van der Waals surface area (Å²) in [5.74, 6) is 0.125. The van der Waals surface area contributed by atoms with E-state index in [2.05, 4.69) is 0 Å². The molecule has 0 fully saturated rings. The molecular weight excluding hydrogens is 279 g/mol. The summed E-state index contributed by atoms with van der Waals surface area (Å²) in [5, 5.41) is 10.7. The number of benzene rings is 2. The van der Waals surface area contributed by atoms with Crippen molar-refractivity contribution in [3.8, 4) is 5.75 Å². The molecule has 2 aromatic carbocycles. The fourth-order valence-corrected chi connectivity index (χ4v) is 3.74. The summed E-state index contributed by atoms with van der Waals surface area (Å²) >= 11 is 0. The number of hydrogen-bond donors (Lipinski definition) is 1. The van der Waals surface area contributed by atoms with Crippen LogP contribution in [-0.4, -0.2) is 14.8 Å². The van der Waals surface area contributed by atoms with Crippen LogP contribution in [0.1, 0.15) is 12.5 Å². The van der Waals surface area contributed by atoms with Crippen LogP contribution in [0, 0.1) is 5.82 Å². The Labute approximate surface area is 118 Å². The quantitative estimate of drug-likeness (QED) is 0.925. The van der Waals surface area contributed by atoms with Crippen LogP contribution >= 0.6 is 0 Å². The molecule has 1 unspecified atom stereocenters. The SMILES string of the molecule is C[C@](O)(c1ccc(F)cc1)[C@H]1Oc2ccccc2S1=O. The summed E-state index contributed by atoms with van der Waals surface area (Å²) in [4.78, 5) is 0.569. The second kappa shape index (κ2) is 4.68. The van der Waals surface area contributed by atoms with Gasteiger partial charge in [-0.05, 0) is 36.8 Å². The highest BCUT2D eigenvalue weighted by molar-refractivity contribution is 7.86. The molecule has 3 atom stereocenters. The first-order valence-corrected chi connectivity index (χ1v) is 7.36. The first-order valence-electron chi connectivity index (χ1n) is 6.15. The number of hydrogen-bond acceptors (Lipinski definition) is 3. The highest BCUT2D eigenvalue weighted by atomic mass is 32.2. The van der Waals surface area contributed by atoms with Gasteiger partial charge in [-0.3, -0.25) is 4.21 Å². The maximum Gasteiger partial charge on any atom is 0.210 e. The molecule has 1 heterocycles. The second-order valence-corrected chi connectivity index (χ2v) is 6.31. The topological polar surface area (TPSA) is 46.5 Å². The van der Waals surface area contributed by atoms with E-state index in [-0.39, 0.29) is 5.82 Å². The van der Waals surface area contributed by atoms with Gasteiger partial charge in [-0.2, -0.15) is 0 Å². The third kappa shape index (κ3) is 2.03. The molecule has 1 aliphatic rings. The first-order chi connectivity index (χ1) is 9.50. The van der Waals surface area contributed by atoms with Crippen LogP contribution in [0.5, 0.6) is 5.75 Å². The molecule has 0 aromatic heterocycles. The zero-order valence-corrected chi connectivity index (χ0v) is 11.6. The minimum absolute atomic E-state index is 0.388. The second-order valence-electron chi connectivity index (χ2n) is 4.85. The summed E-state index contributed by atoms with van der Waals surface area (Å²) in [6.45, 7) is 1.52. The van der Waals surface area contributed by atoms with E-state index in [1.54, 1.807) is 24.3 Å². The van der Waals surface area contributed by atoms with Crippen molar-refractivity contribution in [1.29, 1.82) is 0 Å². The van der Waals surface area contributed by atoms with Crippen LogP contribution in [0.2, 0.25) is 0 Å². The summed E-state index contributed by atoms with van der Waals surface area (Å²) < 4.78 is 31.0. The Hall–Kier alpha value is -1.72. The smallest absolute Gasteiger partial charge is 0.210 e. The van der Waals surface area contributed by atoms with Gasteiger partial charge in [0.25, 0.3) is 0 Å². The van der Waals surface area contributed by atoms with Crippen molar-refractivity contribution in [2.24, 2.45) is 0 Å². The van der Waals surface area contributed by atoms with E-state index in [9.17, 15) is 13.7 Å². The van der Waals surface area contributed by atoms with Gasteiger partial charge in [0.1, 0.15) is 28.0 Å². The van der Waals surface area contributed by atoms with Crippen LogP contribution in [0.3, 0.4) is 0 Å². The van der Waals surface area contributed by atoms with Crippen molar-refractivity contribution in [2.45, 2.75) is 22.9 Å². The third-order valence-electron chi connectivity index (χ3n) is 3.38. The van der Waals surface area contributed by atoms with Crippen molar-refractivity contribution in [1.82, 2.24) is 0 Å². The maximum atomic E-state index is 13.0. The number of halogens is 1. The highest BCUT2D eigenvalue weighted by Gasteiger charge is 2.45. The van der Waals surface area contributed by atoms with E-state index in [4.69, 9.17) is 4.74 Å². The van der Waals surface area contributed by atoms with E-state index in [0.717, 1.165) is 0 Å². The number of aliphatic hydroxyl groups is 1. The molecule has 2 aromatic rings. The van der Waals surface area contributed by atoms with E-state index >= 15 is 0 Å². The van der Waals surface area contributed by atoms with Gasteiger partial charge in [-0.15, -0.1) is 0 Å². The predicted molar refractivity (Wildman–Crippen MR) is 73.2 cm³/mol. The van der Waals surface area contributed by atoms with Gasteiger partial charge in [0, 0.05) is 0 Å². The molecule has 0 radical (unpaired) electrons. The molecule has 1 N–H and O–H groups in total. The predicted octanol–water partition coefficient (Wildman–Crippen LogP) is 2.56. The Morgan fingerprint density at radius 2 is 1.85 bits per heavy atom. The fourth-order valence-electron chi connectivity index (χ4n) is 2.23. The van der Waals surface area contributed by atoms with Gasteiger partial charge >= 0.3 is 0 Å². The largest absolute Gasteiger partial charge is 0.472 e. The molecule has 0 aliphatic carbocycles. The minimum Gasteiger partial charge on any atom is -0.472 e. The van der Waals surface area contributed by atoms with Gasteiger partial charge in [-0.25, -0.2) is 4.39 Å². The molecule has 0 bridgehead atoms. The van der Waals surface area contributed by atoms with Crippen molar-refractivity contribution >= 4 is 10.8 Å². The van der Waals surface area contributed by atoms with E-state index < -0.39 is 21.8 Å². The average Bonchev–Trinajstić information content (AvgIpc) is 2.78. The van der Waals surface area contributed by atoms with Gasteiger partial charge < -0.3 is 9.84 Å². The van der Waals surface area contributed by atoms with Gasteiger partial charge in [-0.1, -0.05) is 24.3 Å². The molecule has 3 nitrogen and oxygen atoms in total. The molecule has 0 saturated carbocycles. The molecule has 3 rings (SSSR count). The summed E-state index contributed by atoms with van der Waals surface area (Å²) in [5.41, 5.74) is -1.92. The lowest BCUT2D eigenvalue weighted by Gasteiger charge is -2.28. The van der Waals surface area contributed by atoms with Gasteiger partial charge in [0.2, 0.25) is 5.44 Å². The number of para-hydroxylation sites is 1. The third-order valence-corrected chi connectivity index (χ3v) is 5.10. The van der Waals surface area contributed by atoms with Crippen LogP contribution in [0.4, 0.5) is 4.39 Å². The number of ether oxygens (including phenoxy) is 1. The van der Waals surface area contributed by atoms with Crippen molar-refractivity contribution < 1.29 is 18.4 Å². The minimum atomic E-state index is -1.48. The van der Waals surface area contributed by atoms with Crippen molar-refractivity contribution in [3.05, 3.63) is 59.9 Å². The zero-order valence-electron chi connectivity index (χ0n) is 10.7. The van der Waals surface area contributed by atoms with Crippen LogP contribution in [0.15, 0.2) is 53.4 Å². The monoisotopic (exact) mass is 292 g/mol. The van der Waals surface area contributed by atoms with Crippen LogP contribution in [-0.2, 0) is 16.4 Å². The zero-order chi connectivity index (χ0) is 14.3. The van der Waals surface area contributed by atoms with Gasteiger partial charge in [0.15, 0.2) is 0 Å². The number of rotatable bonds is 2. The fraction of sp³-hybridized carbons (Fsp3) is 0.200. The lowest BCUT2D eigenvalue weighted by atomic mass is 9.97.